The summed E-state index contributed by atoms with van der Waals surface area (Å²) in [7, 11) is 0. The van der Waals surface area contributed by atoms with Crippen molar-refractivity contribution in [3.8, 4) is 6.07 Å². The summed E-state index contributed by atoms with van der Waals surface area (Å²) in [5.41, 5.74) is 0.979. The molecule has 5 heteroatoms. The van der Waals surface area contributed by atoms with Gasteiger partial charge in [-0.2, -0.15) is 5.26 Å². The van der Waals surface area contributed by atoms with Crippen molar-refractivity contribution in [2.75, 3.05) is 5.32 Å². The minimum absolute atomic E-state index is 0.156. The first-order chi connectivity index (χ1) is 6.63. The van der Waals surface area contributed by atoms with Crippen LogP contribution >= 0.6 is 15.9 Å². The second-order valence-corrected chi connectivity index (χ2v) is 3.56. The number of hydrogen-bond donors (Lipinski definition) is 1. The van der Waals surface area contributed by atoms with Gasteiger partial charge in [-0.05, 0) is 34.5 Å². The van der Waals surface area contributed by atoms with Gasteiger partial charge in [0.2, 0.25) is 5.91 Å². The van der Waals surface area contributed by atoms with Crippen LogP contribution in [0.15, 0.2) is 16.7 Å². The van der Waals surface area contributed by atoms with E-state index < -0.39 is 0 Å². The summed E-state index contributed by atoms with van der Waals surface area (Å²) in [5, 5.41) is 10.8. The van der Waals surface area contributed by atoms with Gasteiger partial charge in [0.05, 0.1) is 6.07 Å². The molecule has 0 bridgehead atoms. The quantitative estimate of drug-likeness (QED) is 0.877. The Balaban J connectivity index is 2.74. The third-order valence-electron chi connectivity index (χ3n) is 1.55. The molecule has 14 heavy (non-hydrogen) atoms. The third kappa shape index (κ3) is 2.82. The van der Waals surface area contributed by atoms with Crippen LogP contribution in [0.1, 0.15) is 12.0 Å². The molecule has 0 fully saturated rings. The average molecular weight is 254 g/mol. The summed E-state index contributed by atoms with van der Waals surface area (Å²) in [6.45, 7) is 1.89. The van der Waals surface area contributed by atoms with Crippen LogP contribution < -0.4 is 5.32 Å². The first-order valence-corrected chi connectivity index (χ1v) is 4.71. The van der Waals surface area contributed by atoms with Crippen molar-refractivity contribution in [3.63, 3.8) is 0 Å². The first-order valence-electron chi connectivity index (χ1n) is 3.92. The minimum atomic E-state index is -0.346. The van der Waals surface area contributed by atoms with Crippen LogP contribution in [0.5, 0.6) is 0 Å². The summed E-state index contributed by atoms with van der Waals surface area (Å²) in [6, 6.07) is 3.50. The molecule has 1 N–H and O–H groups in total. The van der Waals surface area contributed by atoms with Crippen LogP contribution in [0.2, 0.25) is 0 Å². The van der Waals surface area contributed by atoms with Gasteiger partial charge < -0.3 is 5.32 Å². The van der Waals surface area contributed by atoms with Crippen molar-refractivity contribution in [3.05, 3.63) is 22.3 Å². The summed E-state index contributed by atoms with van der Waals surface area (Å²) in [4.78, 5) is 15.0. The van der Waals surface area contributed by atoms with Crippen LogP contribution in [0.25, 0.3) is 0 Å². The number of carbonyl (C=O) groups excluding carboxylic acids is 1. The van der Waals surface area contributed by atoms with Crippen LogP contribution in [0.4, 0.5) is 5.82 Å². The molecular formula is C9H8BrN3O. The van der Waals surface area contributed by atoms with Crippen LogP contribution in [-0.4, -0.2) is 10.9 Å². The molecule has 0 aromatic carbocycles. The number of halogens is 1. The van der Waals surface area contributed by atoms with Gasteiger partial charge in [0.15, 0.2) is 0 Å². The molecule has 1 heterocycles. The van der Waals surface area contributed by atoms with E-state index in [1.54, 1.807) is 18.3 Å². The number of aromatic nitrogens is 1. The molecule has 1 rings (SSSR count). The lowest BCUT2D eigenvalue weighted by Crippen LogP contribution is -2.11. The number of aryl methyl sites for hydroxylation is 1. The first kappa shape index (κ1) is 10.7. The van der Waals surface area contributed by atoms with Crippen molar-refractivity contribution in [1.82, 2.24) is 4.98 Å². The zero-order valence-corrected chi connectivity index (χ0v) is 9.13. The van der Waals surface area contributed by atoms with Gasteiger partial charge in [-0.1, -0.05) is 0 Å². The highest BCUT2D eigenvalue weighted by atomic mass is 79.9. The molecule has 0 atom stereocenters. The number of nitrogens with zero attached hydrogens (tertiary/aromatic N) is 2. The van der Waals surface area contributed by atoms with E-state index in [1.807, 2.05) is 6.92 Å². The molecule has 1 amide bonds. The molecule has 0 unspecified atom stereocenters. The third-order valence-corrected chi connectivity index (χ3v) is 2.38. The predicted octanol–water partition coefficient (Wildman–Crippen LogP) is 2.00. The number of pyridine rings is 1. The maximum absolute atomic E-state index is 11.0. The van der Waals surface area contributed by atoms with Crippen LogP contribution in [0, 0.1) is 18.3 Å². The molecule has 0 radical (unpaired) electrons. The Labute approximate surface area is 90.1 Å². The second-order valence-electron chi connectivity index (χ2n) is 2.70. The monoisotopic (exact) mass is 253 g/mol. The molecule has 1 aromatic rings. The maximum atomic E-state index is 11.0. The van der Waals surface area contributed by atoms with E-state index >= 15 is 0 Å². The molecular weight excluding hydrogens is 246 g/mol. The molecule has 0 aliphatic heterocycles. The van der Waals surface area contributed by atoms with E-state index in [4.69, 9.17) is 5.26 Å². The molecule has 4 nitrogen and oxygen atoms in total. The zero-order valence-electron chi connectivity index (χ0n) is 7.54. The normalized spacial score (nSPS) is 9.21. The van der Waals surface area contributed by atoms with Crippen molar-refractivity contribution < 1.29 is 4.79 Å². The summed E-state index contributed by atoms with van der Waals surface area (Å²) in [6.07, 6.45) is 1.45. The smallest absolute Gasteiger partial charge is 0.239 e. The maximum Gasteiger partial charge on any atom is 0.239 e. The van der Waals surface area contributed by atoms with Gasteiger partial charge in [0.25, 0.3) is 0 Å². The Morgan fingerprint density at radius 2 is 2.50 bits per heavy atom. The Morgan fingerprint density at radius 1 is 1.79 bits per heavy atom. The molecule has 1 aromatic heterocycles. The van der Waals surface area contributed by atoms with Crippen molar-refractivity contribution in [1.29, 1.82) is 5.26 Å². The van der Waals surface area contributed by atoms with Crippen LogP contribution in [-0.2, 0) is 4.79 Å². The summed E-state index contributed by atoms with van der Waals surface area (Å²) < 4.78 is 0.885. The fraction of sp³-hybridized carbons (Fsp3) is 0.222. The number of nitrogens with one attached hydrogen (secondary N) is 1. The van der Waals surface area contributed by atoms with Gasteiger partial charge in [0, 0.05) is 10.7 Å². The number of hydrogen-bond acceptors (Lipinski definition) is 3. The molecule has 0 aliphatic rings. The fourth-order valence-electron chi connectivity index (χ4n) is 0.867. The summed E-state index contributed by atoms with van der Waals surface area (Å²) >= 11 is 3.30. The number of anilines is 1. The Kier molecular flexibility index (Phi) is 3.60. The van der Waals surface area contributed by atoms with E-state index in [1.165, 1.54) is 0 Å². The number of nitriles is 1. The van der Waals surface area contributed by atoms with Gasteiger partial charge in [-0.25, -0.2) is 4.98 Å². The van der Waals surface area contributed by atoms with Gasteiger partial charge in [0.1, 0.15) is 12.2 Å². The Bertz CT molecular complexity index is 398. The molecule has 0 aliphatic carbocycles. The van der Waals surface area contributed by atoms with E-state index in [0.29, 0.717) is 5.82 Å². The lowest BCUT2D eigenvalue weighted by molar-refractivity contribution is -0.115. The Morgan fingerprint density at radius 3 is 3.07 bits per heavy atom. The van der Waals surface area contributed by atoms with Gasteiger partial charge in [-0.15, -0.1) is 0 Å². The number of rotatable bonds is 2. The van der Waals surface area contributed by atoms with E-state index in [9.17, 15) is 4.79 Å². The zero-order chi connectivity index (χ0) is 10.6. The average Bonchev–Trinajstić information content (AvgIpc) is 2.12. The van der Waals surface area contributed by atoms with Crippen molar-refractivity contribution in [2.24, 2.45) is 0 Å². The predicted molar refractivity (Wildman–Crippen MR) is 55.5 cm³/mol. The topological polar surface area (TPSA) is 65.8 Å². The minimum Gasteiger partial charge on any atom is -0.310 e. The second kappa shape index (κ2) is 4.72. The van der Waals surface area contributed by atoms with Gasteiger partial charge >= 0.3 is 0 Å². The molecule has 0 spiro atoms. The standard InChI is InChI=1S/C9H8BrN3O/c1-6-4-8(12-5-7(6)10)13-9(14)2-3-11/h4-5H,2H2,1H3,(H,12,13,14). The molecule has 72 valence electrons. The van der Waals surface area contributed by atoms with E-state index in [-0.39, 0.29) is 12.3 Å². The van der Waals surface area contributed by atoms with E-state index in [2.05, 4.69) is 26.2 Å². The molecule has 0 saturated carbocycles. The SMILES string of the molecule is Cc1cc(NC(=O)CC#N)ncc1Br. The summed E-state index contributed by atoms with van der Waals surface area (Å²) in [5.74, 6) is 0.118. The van der Waals surface area contributed by atoms with Crippen molar-refractivity contribution in [2.45, 2.75) is 13.3 Å². The van der Waals surface area contributed by atoms with E-state index in [0.717, 1.165) is 10.0 Å². The number of amides is 1. The lowest BCUT2D eigenvalue weighted by atomic mass is 10.3. The van der Waals surface area contributed by atoms with Crippen LogP contribution in [0.3, 0.4) is 0 Å². The highest BCUT2D eigenvalue weighted by molar-refractivity contribution is 9.10. The van der Waals surface area contributed by atoms with Crippen molar-refractivity contribution >= 4 is 27.7 Å². The highest BCUT2D eigenvalue weighted by Gasteiger charge is 2.03. The number of carbonyl (C=O) groups is 1. The highest BCUT2D eigenvalue weighted by Crippen LogP contribution is 2.17. The molecule has 0 saturated heterocycles. The van der Waals surface area contributed by atoms with Gasteiger partial charge in [-0.3, -0.25) is 4.79 Å². The Hall–Kier alpha value is -1.41. The lowest BCUT2D eigenvalue weighted by Gasteiger charge is -2.03. The largest absolute Gasteiger partial charge is 0.310 e. The fourth-order valence-corrected chi connectivity index (χ4v) is 1.08.